The fourth-order valence-electron chi connectivity index (χ4n) is 2.98. The maximum Gasteiger partial charge on any atom is 0.408 e. The van der Waals surface area contributed by atoms with E-state index in [1.54, 1.807) is 6.92 Å². The van der Waals surface area contributed by atoms with Crippen LogP contribution in [-0.2, 0) is 22.6 Å². The van der Waals surface area contributed by atoms with Gasteiger partial charge in [0.15, 0.2) is 0 Å². The predicted octanol–water partition coefficient (Wildman–Crippen LogP) is 1.93. The van der Waals surface area contributed by atoms with E-state index in [-0.39, 0.29) is 18.9 Å². The monoisotopic (exact) mass is 347 g/mol. The summed E-state index contributed by atoms with van der Waals surface area (Å²) >= 11 is 0. The number of likely N-dealkylation sites (tertiary alicyclic amines) is 1. The molecular formula is C15H20F3N3O3. The van der Waals surface area contributed by atoms with Crippen molar-refractivity contribution in [3.05, 3.63) is 17.0 Å². The van der Waals surface area contributed by atoms with E-state index in [1.807, 2.05) is 0 Å². The number of hydrogen-bond acceptors (Lipinski definition) is 3. The summed E-state index contributed by atoms with van der Waals surface area (Å²) in [6, 6.07) is 0. The summed E-state index contributed by atoms with van der Waals surface area (Å²) in [5, 5.41) is 12.9. The first kappa shape index (κ1) is 18.3. The highest BCUT2D eigenvalue weighted by molar-refractivity contribution is 5.80. The number of piperidine rings is 1. The number of halogens is 3. The lowest BCUT2D eigenvalue weighted by Crippen LogP contribution is -2.43. The first-order valence-corrected chi connectivity index (χ1v) is 7.68. The van der Waals surface area contributed by atoms with Crippen LogP contribution in [0.1, 0.15) is 29.8 Å². The number of carbonyl (C=O) groups excluding carboxylic acids is 1. The number of carboxylic acid groups (broad SMARTS) is 1. The number of rotatable bonds is 4. The van der Waals surface area contributed by atoms with E-state index >= 15 is 0 Å². The number of aliphatic carboxylic acids is 1. The van der Waals surface area contributed by atoms with Gasteiger partial charge in [-0.05, 0) is 26.7 Å². The Kier molecular flexibility index (Phi) is 5.19. The highest BCUT2D eigenvalue weighted by atomic mass is 19.4. The van der Waals surface area contributed by atoms with Crippen molar-refractivity contribution in [1.29, 1.82) is 0 Å². The van der Waals surface area contributed by atoms with E-state index in [2.05, 4.69) is 5.10 Å². The third-order valence-corrected chi connectivity index (χ3v) is 4.31. The molecule has 0 aromatic carbocycles. The quantitative estimate of drug-likeness (QED) is 0.903. The van der Waals surface area contributed by atoms with Crippen molar-refractivity contribution in [1.82, 2.24) is 14.7 Å². The smallest absolute Gasteiger partial charge is 0.408 e. The molecule has 0 aliphatic carbocycles. The first-order chi connectivity index (χ1) is 11.1. The Balaban J connectivity index is 2.10. The second kappa shape index (κ2) is 6.82. The Morgan fingerprint density at radius 2 is 2.00 bits per heavy atom. The van der Waals surface area contributed by atoms with Crippen molar-refractivity contribution in [3.8, 4) is 0 Å². The number of hydrogen-bond donors (Lipinski definition) is 1. The molecule has 0 bridgehead atoms. The van der Waals surface area contributed by atoms with E-state index in [0.717, 1.165) is 4.68 Å². The van der Waals surface area contributed by atoms with Gasteiger partial charge >= 0.3 is 12.1 Å². The predicted molar refractivity (Wildman–Crippen MR) is 78.4 cm³/mol. The topological polar surface area (TPSA) is 75.4 Å². The molecule has 1 aliphatic heterocycles. The third-order valence-electron chi connectivity index (χ3n) is 4.31. The summed E-state index contributed by atoms with van der Waals surface area (Å²) in [5.41, 5.74) is 1.17. The van der Waals surface area contributed by atoms with Gasteiger partial charge in [0.25, 0.3) is 0 Å². The summed E-state index contributed by atoms with van der Waals surface area (Å²) in [7, 11) is 0. The highest BCUT2D eigenvalue weighted by Crippen LogP contribution is 2.23. The van der Waals surface area contributed by atoms with Crippen molar-refractivity contribution < 1.29 is 27.9 Å². The minimum atomic E-state index is -4.38. The Bertz CT molecular complexity index is 640. The molecule has 134 valence electrons. The second-order valence-electron chi connectivity index (χ2n) is 6.12. The highest BCUT2D eigenvalue weighted by Gasteiger charge is 2.31. The van der Waals surface area contributed by atoms with Crippen LogP contribution >= 0.6 is 0 Å². The summed E-state index contributed by atoms with van der Waals surface area (Å²) in [6.07, 6.45) is -3.32. The summed E-state index contributed by atoms with van der Waals surface area (Å²) in [5.74, 6) is -1.80. The largest absolute Gasteiger partial charge is 0.481 e. The molecule has 6 nitrogen and oxygen atoms in total. The zero-order valence-corrected chi connectivity index (χ0v) is 13.6. The van der Waals surface area contributed by atoms with Crippen LogP contribution in [0, 0.1) is 19.8 Å². The molecule has 1 aromatic heterocycles. The zero-order chi connectivity index (χ0) is 18.1. The SMILES string of the molecule is Cc1nn(CC(F)(F)F)c(C)c1CC(=O)N1CCC[C@H](C(=O)O)C1. The standard InChI is InChI=1S/C15H20F3N3O3/c1-9-12(10(2)21(19-9)8-15(16,17)18)6-13(22)20-5-3-4-11(7-20)14(23)24/h11H,3-8H2,1-2H3,(H,23,24)/t11-/m0/s1. The average molecular weight is 347 g/mol. The summed E-state index contributed by atoms with van der Waals surface area (Å²) in [4.78, 5) is 25.0. The number of amides is 1. The lowest BCUT2D eigenvalue weighted by molar-refractivity contribution is -0.145. The Morgan fingerprint density at radius 1 is 1.33 bits per heavy atom. The minimum Gasteiger partial charge on any atom is -0.481 e. The van der Waals surface area contributed by atoms with E-state index in [1.165, 1.54) is 11.8 Å². The number of nitrogens with zero attached hydrogens (tertiary/aromatic N) is 3. The van der Waals surface area contributed by atoms with Crippen molar-refractivity contribution in [3.63, 3.8) is 0 Å². The molecule has 1 fully saturated rings. The minimum absolute atomic E-state index is 0.0676. The molecule has 1 aromatic rings. The van der Waals surface area contributed by atoms with Gasteiger partial charge in [0.2, 0.25) is 5.91 Å². The molecular weight excluding hydrogens is 327 g/mol. The van der Waals surface area contributed by atoms with Crippen LogP contribution in [0.15, 0.2) is 0 Å². The van der Waals surface area contributed by atoms with E-state index in [9.17, 15) is 22.8 Å². The third kappa shape index (κ3) is 4.27. The van der Waals surface area contributed by atoms with Gasteiger partial charge in [0.05, 0.1) is 18.0 Å². The average Bonchev–Trinajstić information content (AvgIpc) is 2.73. The summed E-state index contributed by atoms with van der Waals surface area (Å²) < 4.78 is 38.5. The number of aromatic nitrogens is 2. The molecule has 1 amide bonds. The van der Waals surface area contributed by atoms with Crippen molar-refractivity contribution >= 4 is 11.9 Å². The van der Waals surface area contributed by atoms with Crippen molar-refractivity contribution in [2.45, 2.75) is 45.8 Å². The molecule has 1 N–H and O–H groups in total. The molecule has 9 heteroatoms. The van der Waals surface area contributed by atoms with Crippen LogP contribution in [0.5, 0.6) is 0 Å². The molecule has 24 heavy (non-hydrogen) atoms. The fourth-order valence-corrected chi connectivity index (χ4v) is 2.98. The molecule has 1 aliphatic rings. The molecule has 1 saturated heterocycles. The summed E-state index contributed by atoms with van der Waals surface area (Å²) in [6.45, 7) is 2.49. The fraction of sp³-hybridized carbons (Fsp3) is 0.667. The number of aryl methyl sites for hydroxylation is 1. The van der Waals surface area contributed by atoms with Crippen LogP contribution < -0.4 is 0 Å². The normalized spacial score (nSPS) is 18.7. The molecule has 0 unspecified atom stereocenters. The second-order valence-corrected chi connectivity index (χ2v) is 6.12. The van der Waals surface area contributed by atoms with Gasteiger partial charge in [-0.1, -0.05) is 0 Å². The van der Waals surface area contributed by atoms with Crippen LogP contribution in [-0.4, -0.2) is 50.9 Å². The van der Waals surface area contributed by atoms with E-state index < -0.39 is 24.6 Å². The number of carboxylic acids is 1. The molecule has 1 atom stereocenters. The van der Waals surface area contributed by atoms with Gasteiger partial charge in [0, 0.05) is 24.3 Å². The Labute approximate surface area is 137 Å². The van der Waals surface area contributed by atoms with Gasteiger partial charge in [-0.25, -0.2) is 0 Å². The number of carbonyl (C=O) groups is 2. The first-order valence-electron chi connectivity index (χ1n) is 7.68. The van der Waals surface area contributed by atoms with E-state index in [0.29, 0.717) is 36.3 Å². The molecule has 0 saturated carbocycles. The van der Waals surface area contributed by atoms with Gasteiger partial charge in [-0.15, -0.1) is 0 Å². The maximum atomic E-state index is 12.5. The molecule has 2 heterocycles. The van der Waals surface area contributed by atoms with Gasteiger partial charge < -0.3 is 10.0 Å². The lowest BCUT2D eigenvalue weighted by atomic mass is 9.97. The number of alkyl halides is 3. The van der Waals surface area contributed by atoms with Crippen LogP contribution in [0.2, 0.25) is 0 Å². The Hall–Kier alpha value is -2.06. The van der Waals surface area contributed by atoms with E-state index in [4.69, 9.17) is 5.11 Å². The Morgan fingerprint density at radius 3 is 2.58 bits per heavy atom. The van der Waals surface area contributed by atoms with Gasteiger partial charge in [-0.2, -0.15) is 18.3 Å². The van der Waals surface area contributed by atoms with Crippen molar-refractivity contribution in [2.75, 3.05) is 13.1 Å². The van der Waals surface area contributed by atoms with Crippen LogP contribution in [0.25, 0.3) is 0 Å². The molecule has 2 rings (SSSR count). The van der Waals surface area contributed by atoms with Gasteiger partial charge in [-0.3, -0.25) is 14.3 Å². The van der Waals surface area contributed by atoms with Crippen molar-refractivity contribution in [2.24, 2.45) is 5.92 Å². The van der Waals surface area contributed by atoms with Gasteiger partial charge in [0.1, 0.15) is 6.54 Å². The maximum absolute atomic E-state index is 12.5. The van der Waals surface area contributed by atoms with Crippen LogP contribution in [0.3, 0.4) is 0 Å². The lowest BCUT2D eigenvalue weighted by Gasteiger charge is -2.30. The van der Waals surface area contributed by atoms with Crippen LogP contribution in [0.4, 0.5) is 13.2 Å². The molecule has 0 spiro atoms. The zero-order valence-electron chi connectivity index (χ0n) is 13.6. The molecule has 0 radical (unpaired) electrons.